The van der Waals surface area contributed by atoms with Gasteiger partial charge < -0.3 is 25.2 Å². The summed E-state index contributed by atoms with van der Waals surface area (Å²) in [6.07, 6.45) is 1.50. The zero-order valence-corrected chi connectivity index (χ0v) is 23.0. The van der Waals surface area contributed by atoms with Gasteiger partial charge in [0.15, 0.2) is 11.6 Å². The number of H-pyrrole nitrogens is 1. The number of pyridine rings is 1. The van der Waals surface area contributed by atoms with Crippen molar-refractivity contribution in [1.82, 2.24) is 19.7 Å². The lowest BCUT2D eigenvalue weighted by atomic mass is 10.0. The second-order valence-corrected chi connectivity index (χ2v) is 9.24. The Kier molecular flexibility index (Phi) is 7.88. The van der Waals surface area contributed by atoms with Crippen molar-refractivity contribution in [3.05, 3.63) is 124 Å². The number of methoxy groups -OCH3 is 2. The molecule has 0 aliphatic rings. The molecule has 43 heavy (non-hydrogen) atoms. The number of nitrogen functional groups attached to an aromatic ring is 1. The summed E-state index contributed by atoms with van der Waals surface area (Å²) in [5.41, 5.74) is 6.73. The highest BCUT2D eigenvalue weighted by Crippen LogP contribution is 2.40. The molecule has 0 aliphatic carbocycles. The number of amidine groups is 1. The Labute approximate surface area is 244 Å². The van der Waals surface area contributed by atoms with E-state index in [1.807, 2.05) is 0 Å². The molecule has 0 amide bonds. The third kappa shape index (κ3) is 5.63. The first-order chi connectivity index (χ1) is 20.7. The van der Waals surface area contributed by atoms with Gasteiger partial charge >= 0.3 is 11.7 Å². The van der Waals surface area contributed by atoms with E-state index in [4.69, 9.17) is 20.6 Å². The molecule has 2 aromatic heterocycles. The maximum Gasteiger partial charge on any atom is 0.348 e. The van der Waals surface area contributed by atoms with Crippen molar-refractivity contribution in [2.24, 2.45) is 5.73 Å². The Bertz CT molecular complexity index is 1870. The maximum atomic E-state index is 14.7. The van der Waals surface area contributed by atoms with E-state index in [0.717, 1.165) is 4.68 Å². The summed E-state index contributed by atoms with van der Waals surface area (Å²) in [5, 5.41) is 22.1. The number of aromatic amines is 1. The summed E-state index contributed by atoms with van der Waals surface area (Å²) in [6, 6.07) is 19.1. The Morgan fingerprint density at radius 3 is 2.44 bits per heavy atom. The van der Waals surface area contributed by atoms with E-state index in [2.05, 4.69) is 15.1 Å². The molecule has 218 valence electrons. The third-order valence-corrected chi connectivity index (χ3v) is 6.63. The van der Waals surface area contributed by atoms with E-state index in [1.54, 1.807) is 53.4 Å². The highest BCUT2D eigenvalue weighted by molar-refractivity contribution is 5.95. The number of nitrogens with zero attached hydrogens (tertiary/aromatic N) is 4. The molecule has 0 spiro atoms. The molecule has 0 saturated carbocycles. The first kappa shape index (κ1) is 28.5. The van der Waals surface area contributed by atoms with Crippen LogP contribution in [0.4, 0.5) is 15.8 Å². The van der Waals surface area contributed by atoms with Crippen molar-refractivity contribution >= 4 is 23.2 Å². The summed E-state index contributed by atoms with van der Waals surface area (Å²) >= 11 is 0. The molecule has 3 aromatic carbocycles. The number of nitrogens with one attached hydrogen (secondary N) is 2. The van der Waals surface area contributed by atoms with Gasteiger partial charge in [-0.2, -0.15) is 4.68 Å². The van der Waals surface area contributed by atoms with Crippen LogP contribution >= 0.6 is 0 Å². The maximum absolute atomic E-state index is 14.7. The number of carbonyl (C=O) groups is 1. The Morgan fingerprint density at radius 2 is 1.79 bits per heavy atom. The number of ether oxygens (including phenoxy) is 2. The SMILES string of the molecule is COc1cc(C(c2nn(-c3ccccc3C(=O)O)c(=O)[nH]2)N(c2ccc(C(=N)N)cc2)c2cccc(F)c2)cnc1OC. The minimum Gasteiger partial charge on any atom is -0.491 e. The molecule has 1 unspecified atom stereocenters. The fourth-order valence-electron chi connectivity index (χ4n) is 4.67. The van der Waals surface area contributed by atoms with Gasteiger partial charge in [-0.05, 0) is 60.7 Å². The Balaban J connectivity index is 1.79. The quantitative estimate of drug-likeness (QED) is 0.140. The van der Waals surface area contributed by atoms with Gasteiger partial charge in [-0.3, -0.25) is 10.4 Å². The van der Waals surface area contributed by atoms with E-state index >= 15 is 0 Å². The van der Waals surface area contributed by atoms with E-state index < -0.39 is 23.5 Å². The highest BCUT2D eigenvalue weighted by atomic mass is 19.1. The first-order valence-electron chi connectivity index (χ1n) is 12.8. The molecule has 13 heteroatoms. The number of benzene rings is 3. The third-order valence-electron chi connectivity index (χ3n) is 6.63. The van der Waals surface area contributed by atoms with Gasteiger partial charge in [0.05, 0.1) is 25.5 Å². The predicted octanol–water partition coefficient (Wildman–Crippen LogP) is 4.02. The number of aromatic carboxylic acids is 1. The molecular formula is C30H26FN7O5. The van der Waals surface area contributed by atoms with E-state index in [0.29, 0.717) is 22.5 Å². The van der Waals surface area contributed by atoms with Gasteiger partial charge in [0.2, 0.25) is 0 Å². The van der Waals surface area contributed by atoms with Crippen LogP contribution in [0.1, 0.15) is 33.4 Å². The van der Waals surface area contributed by atoms with E-state index in [9.17, 15) is 19.1 Å². The van der Waals surface area contributed by atoms with Crippen molar-refractivity contribution < 1.29 is 23.8 Å². The second kappa shape index (κ2) is 11.9. The fraction of sp³-hybridized carbons (Fsp3) is 0.100. The van der Waals surface area contributed by atoms with Crippen molar-refractivity contribution in [2.75, 3.05) is 19.1 Å². The summed E-state index contributed by atoms with van der Waals surface area (Å²) in [5.74, 6) is -1.30. The average molecular weight is 584 g/mol. The zero-order chi connectivity index (χ0) is 30.7. The number of hydrogen-bond donors (Lipinski definition) is 4. The average Bonchev–Trinajstić information content (AvgIpc) is 3.40. The monoisotopic (exact) mass is 583 g/mol. The molecule has 0 radical (unpaired) electrons. The van der Waals surface area contributed by atoms with Gasteiger partial charge in [0.1, 0.15) is 17.7 Å². The van der Waals surface area contributed by atoms with Gasteiger partial charge in [-0.15, -0.1) is 5.10 Å². The van der Waals surface area contributed by atoms with Crippen molar-refractivity contribution in [3.63, 3.8) is 0 Å². The van der Waals surface area contributed by atoms with Gasteiger partial charge in [-0.1, -0.05) is 18.2 Å². The first-order valence-corrected chi connectivity index (χ1v) is 12.8. The number of halogens is 1. The number of carboxylic acid groups (broad SMARTS) is 1. The summed E-state index contributed by atoms with van der Waals surface area (Å²) in [7, 11) is 2.89. The molecule has 5 rings (SSSR count). The number of carboxylic acids is 1. The van der Waals surface area contributed by atoms with Crippen LogP contribution in [0.2, 0.25) is 0 Å². The largest absolute Gasteiger partial charge is 0.491 e. The fourth-order valence-corrected chi connectivity index (χ4v) is 4.67. The van der Waals surface area contributed by atoms with Crippen LogP contribution in [-0.2, 0) is 0 Å². The van der Waals surface area contributed by atoms with Crippen molar-refractivity contribution in [3.8, 4) is 17.3 Å². The second-order valence-electron chi connectivity index (χ2n) is 9.24. The van der Waals surface area contributed by atoms with Crippen molar-refractivity contribution in [1.29, 1.82) is 5.41 Å². The van der Waals surface area contributed by atoms with Crippen molar-refractivity contribution in [2.45, 2.75) is 6.04 Å². The van der Waals surface area contributed by atoms with Crippen LogP contribution in [0.5, 0.6) is 11.6 Å². The predicted molar refractivity (Wildman–Crippen MR) is 156 cm³/mol. The lowest BCUT2D eigenvalue weighted by molar-refractivity contribution is 0.0696. The number of nitrogens with two attached hydrogens (primary N) is 1. The molecular weight excluding hydrogens is 557 g/mol. The molecule has 0 aliphatic heterocycles. The zero-order valence-electron chi connectivity index (χ0n) is 23.0. The number of rotatable bonds is 10. The number of hydrogen-bond acceptors (Lipinski definition) is 8. The number of anilines is 2. The molecule has 5 N–H and O–H groups in total. The van der Waals surface area contributed by atoms with Crippen LogP contribution in [0.25, 0.3) is 5.69 Å². The van der Waals surface area contributed by atoms with Crippen LogP contribution in [0.3, 0.4) is 0 Å². The van der Waals surface area contributed by atoms with E-state index in [1.165, 1.54) is 50.7 Å². The topological polar surface area (TPSA) is 172 Å². The van der Waals surface area contributed by atoms with Crippen LogP contribution in [0, 0.1) is 11.2 Å². The van der Waals surface area contributed by atoms with Crippen LogP contribution in [0.15, 0.2) is 89.9 Å². The molecule has 1 atom stereocenters. The molecule has 12 nitrogen and oxygen atoms in total. The smallest absolute Gasteiger partial charge is 0.348 e. The Morgan fingerprint density at radius 1 is 1.05 bits per heavy atom. The lowest BCUT2D eigenvalue weighted by Gasteiger charge is -2.33. The summed E-state index contributed by atoms with van der Waals surface area (Å²) in [4.78, 5) is 34.1. The lowest BCUT2D eigenvalue weighted by Crippen LogP contribution is -2.27. The normalized spacial score (nSPS) is 11.5. The molecule has 0 bridgehead atoms. The van der Waals surface area contributed by atoms with Crippen LogP contribution in [-0.4, -0.2) is 50.9 Å². The minimum absolute atomic E-state index is 0.0507. The standard InChI is InChI=1S/C30H26FN7O5/c1-42-24-14-18(16-34-28(24)43-2)25(27-35-30(41)38(36-27)23-9-4-3-8-22(23)29(39)40)37(21-7-5-6-19(31)15-21)20-12-10-17(11-13-20)26(32)33/h3-16,25H,1-2H3,(H3,32,33)(H,39,40)(H,35,36,41). The van der Waals surface area contributed by atoms with Gasteiger partial charge in [0.25, 0.3) is 5.88 Å². The van der Waals surface area contributed by atoms with E-state index in [-0.39, 0.29) is 34.5 Å². The minimum atomic E-state index is -1.24. The molecule has 0 fully saturated rings. The molecule has 2 heterocycles. The molecule has 5 aromatic rings. The summed E-state index contributed by atoms with van der Waals surface area (Å²) < 4.78 is 26.4. The van der Waals surface area contributed by atoms with Crippen LogP contribution < -0.4 is 25.8 Å². The summed E-state index contributed by atoms with van der Waals surface area (Å²) in [6.45, 7) is 0. The van der Waals surface area contributed by atoms with Gasteiger partial charge in [-0.25, -0.2) is 19.0 Å². The Hall–Kier alpha value is -5.98. The number of para-hydroxylation sites is 1. The van der Waals surface area contributed by atoms with Gasteiger partial charge in [0, 0.05) is 28.7 Å². The molecule has 0 saturated heterocycles. The highest BCUT2D eigenvalue weighted by Gasteiger charge is 2.31. The number of aromatic nitrogens is 4.